The van der Waals surface area contributed by atoms with Gasteiger partial charge in [0.15, 0.2) is 5.96 Å². The van der Waals surface area contributed by atoms with Crippen LogP contribution < -0.4 is 15.4 Å². The number of para-hydroxylation sites is 1. The molecule has 1 heterocycles. The molecule has 0 aromatic heterocycles. The fourth-order valence-electron chi connectivity index (χ4n) is 2.97. The molecule has 0 unspecified atom stereocenters. The van der Waals surface area contributed by atoms with Gasteiger partial charge in [-0.2, -0.15) is 0 Å². The number of nitrogens with zero attached hydrogens (tertiary/aromatic N) is 2. The monoisotopic (exact) mass is 396 g/mol. The van der Waals surface area contributed by atoms with E-state index >= 15 is 0 Å². The summed E-state index contributed by atoms with van der Waals surface area (Å²) in [6.45, 7) is 6.19. The van der Waals surface area contributed by atoms with Crippen molar-refractivity contribution in [2.24, 2.45) is 10.9 Å². The number of rotatable bonds is 9. The van der Waals surface area contributed by atoms with Gasteiger partial charge in [-0.3, -0.25) is 4.99 Å². The Morgan fingerprint density at radius 3 is 2.56 bits per heavy atom. The van der Waals surface area contributed by atoms with E-state index < -0.39 is 10.0 Å². The van der Waals surface area contributed by atoms with Gasteiger partial charge in [0.25, 0.3) is 0 Å². The van der Waals surface area contributed by atoms with Crippen LogP contribution in [0.15, 0.2) is 35.3 Å². The number of hydrogen-bond acceptors (Lipinski definition) is 4. The standard InChI is InChI=1S/C19H32N4O3S/c1-3-20-19(21-12-7-15-26-18-8-5-4-6-9-18)22-16-17-10-13-23(14-11-17)27(2,24)25/h4-6,8-9,17H,3,7,10-16H2,1-2H3,(H2,20,21,22). The van der Waals surface area contributed by atoms with Crippen molar-refractivity contribution in [3.05, 3.63) is 30.3 Å². The Morgan fingerprint density at radius 2 is 1.93 bits per heavy atom. The second kappa shape index (κ2) is 11.1. The largest absolute Gasteiger partial charge is 0.494 e. The molecule has 0 atom stereocenters. The van der Waals surface area contributed by atoms with Crippen LogP contribution in [0.4, 0.5) is 0 Å². The summed E-state index contributed by atoms with van der Waals surface area (Å²) in [6, 6.07) is 9.80. The first-order chi connectivity index (χ1) is 13.0. The van der Waals surface area contributed by atoms with Crippen molar-refractivity contribution in [1.29, 1.82) is 0 Å². The third kappa shape index (κ3) is 8.17. The quantitative estimate of drug-likeness (QED) is 0.377. The summed E-state index contributed by atoms with van der Waals surface area (Å²) in [7, 11) is -3.07. The first kappa shape index (κ1) is 21.5. The van der Waals surface area contributed by atoms with E-state index in [4.69, 9.17) is 4.74 Å². The molecule has 1 saturated heterocycles. The van der Waals surface area contributed by atoms with Crippen LogP contribution in [0.3, 0.4) is 0 Å². The highest BCUT2D eigenvalue weighted by Gasteiger charge is 2.24. The zero-order chi connectivity index (χ0) is 19.5. The minimum Gasteiger partial charge on any atom is -0.494 e. The van der Waals surface area contributed by atoms with Crippen LogP contribution in [0.2, 0.25) is 0 Å². The molecule has 1 aromatic rings. The molecule has 7 nitrogen and oxygen atoms in total. The second-order valence-electron chi connectivity index (χ2n) is 6.77. The Bertz CT molecular complexity index is 671. The van der Waals surface area contributed by atoms with Crippen LogP contribution in [0.25, 0.3) is 0 Å². The van der Waals surface area contributed by atoms with Gasteiger partial charge in [-0.25, -0.2) is 12.7 Å². The SMILES string of the molecule is CCNC(=NCC1CCN(S(C)(=O)=O)CC1)NCCCOc1ccccc1. The zero-order valence-electron chi connectivity index (χ0n) is 16.4. The maximum atomic E-state index is 11.6. The molecule has 0 saturated carbocycles. The van der Waals surface area contributed by atoms with E-state index in [0.717, 1.165) is 44.1 Å². The van der Waals surface area contributed by atoms with E-state index in [-0.39, 0.29) is 0 Å². The molecule has 1 aliphatic rings. The van der Waals surface area contributed by atoms with E-state index in [0.29, 0.717) is 32.2 Å². The molecule has 1 aromatic carbocycles. The van der Waals surface area contributed by atoms with Gasteiger partial charge in [-0.15, -0.1) is 0 Å². The average Bonchev–Trinajstić information content (AvgIpc) is 2.66. The number of piperidine rings is 1. The van der Waals surface area contributed by atoms with Gasteiger partial charge >= 0.3 is 0 Å². The summed E-state index contributed by atoms with van der Waals surface area (Å²) < 4.78 is 30.4. The Hall–Kier alpha value is -1.80. The van der Waals surface area contributed by atoms with Crippen LogP contribution in [-0.4, -0.2) is 64.3 Å². The average molecular weight is 397 g/mol. The van der Waals surface area contributed by atoms with Crippen LogP contribution >= 0.6 is 0 Å². The highest BCUT2D eigenvalue weighted by molar-refractivity contribution is 7.88. The summed E-state index contributed by atoms with van der Waals surface area (Å²) in [4.78, 5) is 4.67. The summed E-state index contributed by atoms with van der Waals surface area (Å²) in [5, 5.41) is 6.59. The van der Waals surface area contributed by atoms with Crippen molar-refractivity contribution < 1.29 is 13.2 Å². The molecule has 152 valence electrons. The van der Waals surface area contributed by atoms with Crippen molar-refractivity contribution in [3.8, 4) is 5.75 Å². The predicted molar refractivity (Wildman–Crippen MR) is 110 cm³/mol. The number of hydrogen-bond donors (Lipinski definition) is 2. The van der Waals surface area contributed by atoms with E-state index in [1.165, 1.54) is 6.26 Å². The van der Waals surface area contributed by atoms with Gasteiger partial charge in [0.05, 0.1) is 12.9 Å². The Balaban J connectivity index is 1.68. The third-order valence-corrected chi connectivity index (χ3v) is 5.82. The number of benzene rings is 1. The summed E-state index contributed by atoms with van der Waals surface area (Å²) in [5.41, 5.74) is 0. The number of guanidine groups is 1. The lowest BCUT2D eigenvalue weighted by Gasteiger charge is -2.29. The van der Waals surface area contributed by atoms with Crippen LogP contribution in [0, 0.1) is 5.92 Å². The summed E-state index contributed by atoms with van der Waals surface area (Å²) >= 11 is 0. The predicted octanol–water partition coefficient (Wildman–Crippen LogP) is 1.68. The maximum absolute atomic E-state index is 11.6. The lowest BCUT2D eigenvalue weighted by atomic mass is 9.98. The lowest BCUT2D eigenvalue weighted by molar-refractivity contribution is 0.280. The molecular formula is C19H32N4O3S. The minimum atomic E-state index is -3.07. The second-order valence-corrected chi connectivity index (χ2v) is 8.75. The number of ether oxygens (including phenoxy) is 1. The molecule has 0 bridgehead atoms. The molecule has 1 fully saturated rings. The van der Waals surface area contributed by atoms with E-state index in [1.54, 1.807) is 4.31 Å². The third-order valence-electron chi connectivity index (χ3n) is 4.52. The molecule has 2 rings (SSSR count). The summed E-state index contributed by atoms with van der Waals surface area (Å²) in [6.07, 6.45) is 3.88. The molecular weight excluding hydrogens is 364 g/mol. The topological polar surface area (TPSA) is 83.0 Å². The maximum Gasteiger partial charge on any atom is 0.211 e. The first-order valence-electron chi connectivity index (χ1n) is 9.64. The van der Waals surface area contributed by atoms with Crippen molar-refractivity contribution >= 4 is 16.0 Å². The normalized spacial score (nSPS) is 16.9. The van der Waals surface area contributed by atoms with Crippen molar-refractivity contribution in [2.45, 2.75) is 26.2 Å². The van der Waals surface area contributed by atoms with Gasteiger partial charge in [0.2, 0.25) is 10.0 Å². The van der Waals surface area contributed by atoms with Gasteiger partial charge in [0.1, 0.15) is 5.75 Å². The number of aliphatic imine (C=N–C) groups is 1. The molecule has 1 aliphatic heterocycles. The smallest absolute Gasteiger partial charge is 0.211 e. The van der Waals surface area contributed by atoms with Crippen LogP contribution in [0.5, 0.6) is 5.75 Å². The number of nitrogens with one attached hydrogen (secondary N) is 2. The Kier molecular flexibility index (Phi) is 8.87. The fourth-order valence-corrected chi connectivity index (χ4v) is 3.85. The lowest BCUT2D eigenvalue weighted by Crippen LogP contribution is -2.40. The molecule has 0 spiro atoms. The number of sulfonamides is 1. The molecule has 0 aliphatic carbocycles. The van der Waals surface area contributed by atoms with Crippen molar-refractivity contribution in [3.63, 3.8) is 0 Å². The van der Waals surface area contributed by atoms with Gasteiger partial charge in [-0.1, -0.05) is 18.2 Å². The zero-order valence-corrected chi connectivity index (χ0v) is 17.2. The van der Waals surface area contributed by atoms with Crippen molar-refractivity contribution in [1.82, 2.24) is 14.9 Å². The van der Waals surface area contributed by atoms with Gasteiger partial charge < -0.3 is 15.4 Å². The van der Waals surface area contributed by atoms with Crippen molar-refractivity contribution in [2.75, 3.05) is 45.6 Å². The van der Waals surface area contributed by atoms with E-state index in [9.17, 15) is 8.42 Å². The van der Waals surface area contributed by atoms with E-state index in [2.05, 4.69) is 15.6 Å². The highest BCUT2D eigenvalue weighted by Crippen LogP contribution is 2.19. The molecule has 2 N–H and O–H groups in total. The fraction of sp³-hybridized carbons (Fsp3) is 0.632. The van der Waals surface area contributed by atoms with E-state index in [1.807, 2.05) is 37.3 Å². The molecule has 0 amide bonds. The van der Waals surface area contributed by atoms with Gasteiger partial charge in [0, 0.05) is 32.7 Å². The highest BCUT2D eigenvalue weighted by atomic mass is 32.2. The summed E-state index contributed by atoms with van der Waals surface area (Å²) in [5.74, 6) is 2.13. The van der Waals surface area contributed by atoms with Gasteiger partial charge in [-0.05, 0) is 44.2 Å². The minimum absolute atomic E-state index is 0.430. The first-order valence-corrected chi connectivity index (χ1v) is 11.5. The molecule has 0 radical (unpaired) electrons. The Morgan fingerprint density at radius 1 is 1.22 bits per heavy atom. The molecule has 8 heteroatoms. The Labute approximate surface area is 163 Å². The molecule has 27 heavy (non-hydrogen) atoms. The van der Waals surface area contributed by atoms with Crippen LogP contribution in [0.1, 0.15) is 26.2 Å². The van der Waals surface area contributed by atoms with Crippen LogP contribution in [-0.2, 0) is 10.0 Å².